The van der Waals surface area contributed by atoms with Gasteiger partial charge in [-0.25, -0.2) is 4.79 Å². The maximum absolute atomic E-state index is 12.7. The largest absolute Gasteiger partial charge is 0.462 e. The van der Waals surface area contributed by atoms with Gasteiger partial charge >= 0.3 is 5.97 Å². The Morgan fingerprint density at radius 3 is 2.82 bits per heavy atom. The number of carbonyl (C=O) groups is 3. The summed E-state index contributed by atoms with van der Waals surface area (Å²) in [5, 5.41) is 7.89. The summed E-state index contributed by atoms with van der Waals surface area (Å²) in [5.74, 6) is -0.714. The normalized spacial score (nSPS) is 17.5. The SMILES string of the molecule is CCOC(=O)c1ccsc1NC(=O)CN1CCNC(=O)C[C@@H]1c1ccccc1. The molecule has 2 N–H and O–H groups in total. The topological polar surface area (TPSA) is 87.7 Å². The van der Waals surface area contributed by atoms with Gasteiger partial charge in [0, 0.05) is 25.6 Å². The van der Waals surface area contributed by atoms with Crippen molar-refractivity contribution in [2.24, 2.45) is 0 Å². The van der Waals surface area contributed by atoms with Gasteiger partial charge in [-0.15, -0.1) is 11.3 Å². The number of nitrogens with one attached hydrogen (secondary N) is 2. The molecule has 0 saturated carbocycles. The Kier molecular flexibility index (Phi) is 6.78. The number of amides is 2. The van der Waals surface area contributed by atoms with Gasteiger partial charge in [0.1, 0.15) is 5.00 Å². The minimum atomic E-state index is -0.453. The number of rotatable bonds is 6. The maximum Gasteiger partial charge on any atom is 0.341 e. The molecular weight excluding hydrogens is 378 g/mol. The van der Waals surface area contributed by atoms with Gasteiger partial charge in [-0.2, -0.15) is 0 Å². The van der Waals surface area contributed by atoms with Crippen molar-refractivity contribution in [2.45, 2.75) is 19.4 Å². The quantitative estimate of drug-likeness (QED) is 0.726. The monoisotopic (exact) mass is 401 g/mol. The minimum Gasteiger partial charge on any atom is -0.462 e. The molecule has 2 amide bonds. The summed E-state index contributed by atoms with van der Waals surface area (Å²) >= 11 is 1.28. The summed E-state index contributed by atoms with van der Waals surface area (Å²) in [5.41, 5.74) is 1.35. The third-order valence-corrected chi connectivity index (χ3v) is 5.32. The molecular formula is C20H23N3O4S. The zero-order valence-corrected chi connectivity index (χ0v) is 16.5. The van der Waals surface area contributed by atoms with Crippen molar-refractivity contribution in [2.75, 3.05) is 31.6 Å². The summed E-state index contributed by atoms with van der Waals surface area (Å²) in [6.45, 7) is 3.18. The number of carbonyl (C=O) groups excluding carboxylic acids is 3. The van der Waals surface area contributed by atoms with Crippen LogP contribution in [0.1, 0.15) is 35.3 Å². The van der Waals surface area contributed by atoms with Crippen LogP contribution in [0.15, 0.2) is 41.8 Å². The molecule has 0 bridgehead atoms. The van der Waals surface area contributed by atoms with Crippen LogP contribution in [0.4, 0.5) is 5.00 Å². The molecule has 1 aromatic carbocycles. The third-order valence-electron chi connectivity index (χ3n) is 4.49. The lowest BCUT2D eigenvalue weighted by Crippen LogP contribution is -2.37. The molecule has 8 heteroatoms. The van der Waals surface area contributed by atoms with E-state index in [4.69, 9.17) is 4.74 Å². The van der Waals surface area contributed by atoms with Gasteiger partial charge < -0.3 is 15.4 Å². The fourth-order valence-corrected chi connectivity index (χ4v) is 3.98. The van der Waals surface area contributed by atoms with E-state index >= 15 is 0 Å². The van der Waals surface area contributed by atoms with Gasteiger partial charge in [0.15, 0.2) is 0 Å². The Morgan fingerprint density at radius 2 is 2.07 bits per heavy atom. The van der Waals surface area contributed by atoms with E-state index in [1.165, 1.54) is 11.3 Å². The van der Waals surface area contributed by atoms with Crippen LogP contribution in [0, 0.1) is 0 Å². The van der Waals surface area contributed by atoms with Gasteiger partial charge in [-0.05, 0) is 23.9 Å². The maximum atomic E-state index is 12.7. The van der Waals surface area contributed by atoms with E-state index < -0.39 is 5.97 Å². The first-order chi connectivity index (χ1) is 13.6. The van der Waals surface area contributed by atoms with E-state index in [2.05, 4.69) is 10.6 Å². The molecule has 0 aliphatic carbocycles. The van der Waals surface area contributed by atoms with Crippen LogP contribution in [0.25, 0.3) is 0 Å². The number of ether oxygens (including phenoxy) is 1. The van der Waals surface area contributed by atoms with Gasteiger partial charge in [0.05, 0.1) is 18.7 Å². The highest BCUT2D eigenvalue weighted by molar-refractivity contribution is 7.14. The molecule has 1 aromatic heterocycles. The summed E-state index contributed by atoms with van der Waals surface area (Å²) in [7, 11) is 0. The van der Waals surface area contributed by atoms with E-state index in [-0.39, 0.29) is 31.0 Å². The second-order valence-corrected chi connectivity index (χ2v) is 7.30. The smallest absolute Gasteiger partial charge is 0.341 e. The van der Waals surface area contributed by atoms with Crippen molar-refractivity contribution in [1.82, 2.24) is 10.2 Å². The average Bonchev–Trinajstić information content (AvgIpc) is 3.06. The number of esters is 1. The molecule has 148 valence electrons. The Labute approximate surface area is 167 Å². The number of anilines is 1. The third kappa shape index (κ3) is 4.96. The van der Waals surface area contributed by atoms with Crippen LogP contribution < -0.4 is 10.6 Å². The van der Waals surface area contributed by atoms with E-state index in [1.54, 1.807) is 18.4 Å². The lowest BCUT2D eigenvalue weighted by molar-refractivity contribution is -0.122. The van der Waals surface area contributed by atoms with E-state index in [0.29, 0.717) is 30.1 Å². The summed E-state index contributed by atoms with van der Waals surface area (Å²) < 4.78 is 5.02. The number of nitrogens with zero attached hydrogens (tertiary/aromatic N) is 1. The summed E-state index contributed by atoms with van der Waals surface area (Å²) in [6.07, 6.45) is 0.296. The zero-order chi connectivity index (χ0) is 19.9. The Bertz CT molecular complexity index is 837. The predicted molar refractivity (Wildman–Crippen MR) is 107 cm³/mol. The standard InChI is InChI=1S/C20H23N3O4S/c1-2-27-20(26)15-8-11-28-19(15)22-18(25)13-23-10-9-21-17(24)12-16(23)14-6-4-3-5-7-14/h3-8,11,16H,2,9-10,12-13H2,1H3,(H,21,24)(H,22,25)/t16-/m1/s1. The van der Waals surface area contributed by atoms with Gasteiger partial charge in [-0.3, -0.25) is 14.5 Å². The fourth-order valence-electron chi connectivity index (χ4n) is 3.19. The van der Waals surface area contributed by atoms with Crippen LogP contribution in [0.5, 0.6) is 0 Å². The number of thiophene rings is 1. The number of hydrogen-bond donors (Lipinski definition) is 2. The highest BCUT2D eigenvalue weighted by Gasteiger charge is 2.28. The Morgan fingerprint density at radius 1 is 1.29 bits per heavy atom. The Hall–Kier alpha value is -2.71. The van der Waals surface area contributed by atoms with Gasteiger partial charge in [-0.1, -0.05) is 30.3 Å². The first-order valence-corrected chi connectivity index (χ1v) is 10.1. The molecule has 28 heavy (non-hydrogen) atoms. The van der Waals surface area contributed by atoms with E-state index in [1.807, 2.05) is 35.2 Å². The molecule has 1 atom stereocenters. The highest BCUT2D eigenvalue weighted by atomic mass is 32.1. The molecule has 1 fully saturated rings. The summed E-state index contributed by atoms with van der Waals surface area (Å²) in [4.78, 5) is 38.7. The number of benzene rings is 1. The van der Waals surface area contributed by atoms with Crippen molar-refractivity contribution in [3.05, 3.63) is 52.9 Å². The lowest BCUT2D eigenvalue weighted by atomic mass is 10.0. The summed E-state index contributed by atoms with van der Waals surface area (Å²) in [6, 6.07) is 11.2. The van der Waals surface area contributed by atoms with Crippen molar-refractivity contribution >= 4 is 34.1 Å². The molecule has 2 heterocycles. The first-order valence-electron chi connectivity index (χ1n) is 9.18. The molecule has 7 nitrogen and oxygen atoms in total. The van der Waals surface area contributed by atoms with Gasteiger partial charge in [0.2, 0.25) is 11.8 Å². The van der Waals surface area contributed by atoms with Crippen LogP contribution in [-0.4, -0.2) is 48.9 Å². The van der Waals surface area contributed by atoms with Crippen molar-refractivity contribution in [3.8, 4) is 0 Å². The van der Waals surface area contributed by atoms with Crippen LogP contribution >= 0.6 is 11.3 Å². The molecule has 0 unspecified atom stereocenters. The predicted octanol–water partition coefficient (Wildman–Crippen LogP) is 2.43. The van der Waals surface area contributed by atoms with Gasteiger partial charge in [0.25, 0.3) is 0 Å². The van der Waals surface area contributed by atoms with E-state index in [0.717, 1.165) is 5.56 Å². The molecule has 1 saturated heterocycles. The Balaban J connectivity index is 1.72. The molecule has 1 aliphatic rings. The van der Waals surface area contributed by atoms with Crippen LogP contribution in [-0.2, 0) is 14.3 Å². The second kappa shape index (κ2) is 9.48. The molecule has 0 radical (unpaired) electrons. The molecule has 3 rings (SSSR count). The fraction of sp³-hybridized carbons (Fsp3) is 0.350. The molecule has 2 aromatic rings. The van der Waals surface area contributed by atoms with Crippen LogP contribution in [0.3, 0.4) is 0 Å². The van der Waals surface area contributed by atoms with Crippen molar-refractivity contribution in [1.29, 1.82) is 0 Å². The molecule has 1 aliphatic heterocycles. The first kappa shape index (κ1) is 20.0. The highest BCUT2D eigenvalue weighted by Crippen LogP contribution is 2.27. The van der Waals surface area contributed by atoms with Crippen molar-refractivity contribution in [3.63, 3.8) is 0 Å². The van der Waals surface area contributed by atoms with E-state index in [9.17, 15) is 14.4 Å². The average molecular weight is 401 g/mol. The van der Waals surface area contributed by atoms with Crippen LogP contribution in [0.2, 0.25) is 0 Å². The molecule has 0 spiro atoms. The van der Waals surface area contributed by atoms with Crippen molar-refractivity contribution < 1.29 is 19.1 Å². The second-order valence-electron chi connectivity index (χ2n) is 6.38. The lowest BCUT2D eigenvalue weighted by Gasteiger charge is -2.28. The minimum absolute atomic E-state index is 0.0281. The number of hydrogen-bond acceptors (Lipinski definition) is 6. The zero-order valence-electron chi connectivity index (χ0n) is 15.6.